The fourth-order valence-electron chi connectivity index (χ4n) is 4.53. The molecule has 0 heterocycles. The van der Waals surface area contributed by atoms with Gasteiger partial charge in [0.05, 0.1) is 0 Å². The molecule has 0 saturated carbocycles. The molecule has 0 aliphatic rings. The molecule has 0 aliphatic carbocycles. The number of nitrogens with zero attached hydrogens (tertiary/aromatic N) is 1. The first kappa shape index (κ1) is 41.2. The van der Waals surface area contributed by atoms with E-state index in [1.807, 2.05) is 5.32 Å². The summed E-state index contributed by atoms with van der Waals surface area (Å²) in [5.41, 5.74) is 4.26. The van der Waals surface area contributed by atoms with Crippen LogP contribution in [-0.4, -0.2) is 124 Å². The number of hydrogen-bond donors (Lipinski definition) is 13. The Kier molecular flexibility index (Phi) is 15.1. The van der Waals surface area contributed by atoms with Gasteiger partial charge < -0.3 is 62.5 Å². The summed E-state index contributed by atoms with van der Waals surface area (Å²) in [4.78, 5) is 90.2. The zero-order valence-corrected chi connectivity index (χ0v) is 27.5. The number of phenolic OH excluding ortho intramolecular Hbond substituents is 6. The molecule has 0 saturated heterocycles. The number of amides is 5. The molecule has 13 N–H and O–H groups in total. The standard InChI is InChI=1S/C30H37N5O15S/c31-6-2-1-3-17(28(48)33-15(4-5-22(40)41)27(47)34-16(12-51)26(46)32-11-23(42)43)35(29(49)13-7-18(36)24(44)19(37)8-13)30(50)14-9-20(38)25(45)21(39)10-14/h7-10,15-17,36-39,44-45,51H,1-6,11-12,31H2,(H,32,46)(H,33,48)(H,34,47)(H,40,41)(H,42,43)/t15-,16-,17-/m0/s1. The van der Waals surface area contributed by atoms with Crippen molar-refractivity contribution in [2.24, 2.45) is 5.73 Å². The molecule has 20 nitrogen and oxygen atoms in total. The van der Waals surface area contributed by atoms with Gasteiger partial charge in [0, 0.05) is 23.3 Å². The fraction of sp³-hybridized carbons (Fsp3) is 0.367. The molecule has 3 atom stereocenters. The summed E-state index contributed by atoms with van der Waals surface area (Å²) in [5, 5.41) is 84.4. The van der Waals surface area contributed by atoms with Gasteiger partial charge in [0.25, 0.3) is 11.8 Å². The number of carboxylic acid groups (broad SMARTS) is 2. The third-order valence-corrected chi connectivity index (χ3v) is 7.49. The minimum absolute atomic E-state index is 0.0429. The number of aliphatic carboxylic acids is 2. The lowest BCUT2D eigenvalue weighted by Crippen LogP contribution is -2.58. The molecule has 2 aromatic carbocycles. The van der Waals surface area contributed by atoms with Crippen LogP contribution >= 0.6 is 12.6 Å². The highest BCUT2D eigenvalue weighted by Crippen LogP contribution is 2.38. The molecule has 278 valence electrons. The van der Waals surface area contributed by atoms with Crippen LogP contribution < -0.4 is 21.7 Å². The van der Waals surface area contributed by atoms with Crippen LogP contribution in [0.5, 0.6) is 34.5 Å². The highest BCUT2D eigenvalue weighted by Gasteiger charge is 2.39. The molecule has 21 heteroatoms. The zero-order chi connectivity index (χ0) is 38.6. The summed E-state index contributed by atoms with van der Waals surface area (Å²) in [6.07, 6.45) is -1.43. The molecule has 0 fully saturated rings. The number of carbonyl (C=O) groups is 7. The quantitative estimate of drug-likeness (QED) is 0.0364. The number of carboxylic acids is 2. The van der Waals surface area contributed by atoms with Gasteiger partial charge >= 0.3 is 11.9 Å². The Morgan fingerprint density at radius 1 is 0.667 bits per heavy atom. The normalized spacial score (nSPS) is 12.5. The van der Waals surface area contributed by atoms with Crippen LogP contribution in [0, 0.1) is 0 Å². The predicted molar refractivity (Wildman–Crippen MR) is 175 cm³/mol. The van der Waals surface area contributed by atoms with E-state index in [-0.39, 0.29) is 36.5 Å². The van der Waals surface area contributed by atoms with Gasteiger partial charge in [-0.2, -0.15) is 12.6 Å². The van der Waals surface area contributed by atoms with Crippen molar-refractivity contribution in [3.05, 3.63) is 35.4 Å². The summed E-state index contributed by atoms with van der Waals surface area (Å²) in [6.45, 7) is -0.734. The number of carbonyl (C=O) groups excluding carboxylic acids is 5. The maximum absolute atomic E-state index is 14.0. The molecular weight excluding hydrogens is 702 g/mol. The van der Waals surface area contributed by atoms with Crippen molar-refractivity contribution in [3.63, 3.8) is 0 Å². The van der Waals surface area contributed by atoms with E-state index >= 15 is 0 Å². The number of hydrogen-bond acceptors (Lipinski definition) is 15. The van der Waals surface area contributed by atoms with Crippen LogP contribution in [0.2, 0.25) is 0 Å². The van der Waals surface area contributed by atoms with Crippen molar-refractivity contribution < 1.29 is 74.4 Å². The molecule has 0 bridgehead atoms. The Hall–Kier alpha value is -5.96. The average Bonchev–Trinajstić information content (AvgIpc) is 3.07. The summed E-state index contributed by atoms with van der Waals surface area (Å²) in [5.74, 6) is -15.4. The SMILES string of the molecule is NCCCC[C@@H](C(=O)N[C@@H](CCC(=O)O)C(=O)N[C@@H](CS)C(=O)NCC(=O)O)N(C(=O)c1cc(O)c(O)c(O)c1)C(=O)c1cc(O)c(O)c(O)c1. The van der Waals surface area contributed by atoms with Crippen molar-refractivity contribution in [1.82, 2.24) is 20.9 Å². The monoisotopic (exact) mass is 739 g/mol. The highest BCUT2D eigenvalue weighted by molar-refractivity contribution is 7.80. The second kappa shape index (κ2) is 18.7. The number of benzene rings is 2. The number of phenols is 6. The Balaban J connectivity index is 2.66. The first-order valence-corrected chi connectivity index (χ1v) is 15.6. The van der Waals surface area contributed by atoms with Crippen LogP contribution in [0.25, 0.3) is 0 Å². The number of rotatable bonds is 18. The minimum atomic E-state index is -1.91. The number of aromatic hydroxyl groups is 6. The van der Waals surface area contributed by atoms with Gasteiger partial charge in [-0.15, -0.1) is 0 Å². The fourth-order valence-corrected chi connectivity index (χ4v) is 4.78. The number of unbranched alkanes of at least 4 members (excludes halogenated alkanes) is 1. The van der Waals surface area contributed by atoms with E-state index in [4.69, 9.17) is 10.8 Å². The van der Waals surface area contributed by atoms with E-state index in [0.29, 0.717) is 24.3 Å². The van der Waals surface area contributed by atoms with Crippen LogP contribution in [0.4, 0.5) is 0 Å². The molecule has 2 aromatic rings. The lowest BCUT2D eigenvalue weighted by Gasteiger charge is -2.31. The zero-order valence-electron chi connectivity index (χ0n) is 26.6. The summed E-state index contributed by atoms with van der Waals surface area (Å²) in [6, 6.07) is -2.54. The molecular formula is C30H37N5O15S. The summed E-state index contributed by atoms with van der Waals surface area (Å²) < 4.78 is 0. The van der Waals surface area contributed by atoms with Gasteiger partial charge in [-0.25, -0.2) is 0 Å². The van der Waals surface area contributed by atoms with Crippen molar-refractivity contribution >= 4 is 54.1 Å². The molecule has 0 aliphatic heterocycles. The van der Waals surface area contributed by atoms with Gasteiger partial charge in [0.2, 0.25) is 17.7 Å². The predicted octanol–water partition coefficient (Wildman–Crippen LogP) is -1.33. The Morgan fingerprint density at radius 3 is 1.55 bits per heavy atom. The van der Waals surface area contributed by atoms with Gasteiger partial charge in [-0.05, 0) is 56.5 Å². The number of thiol groups is 1. The van der Waals surface area contributed by atoms with E-state index < -0.39 is 125 Å². The van der Waals surface area contributed by atoms with E-state index in [0.717, 1.165) is 0 Å². The van der Waals surface area contributed by atoms with Gasteiger partial charge in [0.1, 0.15) is 24.7 Å². The Bertz CT molecular complexity index is 1550. The van der Waals surface area contributed by atoms with E-state index in [1.54, 1.807) is 0 Å². The van der Waals surface area contributed by atoms with Crippen LogP contribution in [0.15, 0.2) is 24.3 Å². The molecule has 5 amide bonds. The number of imide groups is 1. The molecule has 0 aromatic heterocycles. The van der Waals surface area contributed by atoms with Gasteiger partial charge in [-0.1, -0.05) is 0 Å². The maximum Gasteiger partial charge on any atom is 0.322 e. The molecule has 0 radical (unpaired) electrons. The van der Waals surface area contributed by atoms with Crippen molar-refractivity contribution in [2.75, 3.05) is 18.8 Å². The molecule has 2 rings (SSSR count). The van der Waals surface area contributed by atoms with Crippen molar-refractivity contribution in [2.45, 2.75) is 50.2 Å². The van der Waals surface area contributed by atoms with Gasteiger partial charge in [0.15, 0.2) is 34.5 Å². The smallest absolute Gasteiger partial charge is 0.322 e. The molecule has 0 spiro atoms. The molecule has 0 unspecified atom stereocenters. The highest BCUT2D eigenvalue weighted by atomic mass is 32.1. The minimum Gasteiger partial charge on any atom is -0.504 e. The average molecular weight is 740 g/mol. The summed E-state index contributed by atoms with van der Waals surface area (Å²) in [7, 11) is 0. The second-order valence-corrected chi connectivity index (χ2v) is 11.2. The van der Waals surface area contributed by atoms with E-state index in [2.05, 4.69) is 23.3 Å². The van der Waals surface area contributed by atoms with E-state index in [9.17, 15) is 69.3 Å². The van der Waals surface area contributed by atoms with E-state index in [1.165, 1.54) is 0 Å². The second-order valence-electron chi connectivity index (χ2n) is 10.9. The third-order valence-electron chi connectivity index (χ3n) is 7.13. The largest absolute Gasteiger partial charge is 0.504 e. The lowest BCUT2D eigenvalue weighted by atomic mass is 10.0. The first-order chi connectivity index (χ1) is 23.9. The maximum atomic E-state index is 14.0. The van der Waals surface area contributed by atoms with Crippen molar-refractivity contribution in [1.29, 1.82) is 0 Å². The Labute approximate surface area is 293 Å². The Morgan fingerprint density at radius 2 is 1.14 bits per heavy atom. The number of nitrogens with one attached hydrogen (secondary N) is 3. The number of nitrogens with two attached hydrogens (primary N) is 1. The van der Waals surface area contributed by atoms with Crippen LogP contribution in [0.1, 0.15) is 52.8 Å². The lowest BCUT2D eigenvalue weighted by molar-refractivity contribution is -0.138. The van der Waals surface area contributed by atoms with Gasteiger partial charge in [-0.3, -0.25) is 38.5 Å². The van der Waals surface area contributed by atoms with Crippen LogP contribution in [0.3, 0.4) is 0 Å². The topological polar surface area (TPSA) is 347 Å². The molecule has 51 heavy (non-hydrogen) atoms. The van der Waals surface area contributed by atoms with Crippen LogP contribution in [-0.2, 0) is 24.0 Å². The first-order valence-electron chi connectivity index (χ1n) is 14.9. The summed E-state index contributed by atoms with van der Waals surface area (Å²) >= 11 is 3.96. The third kappa shape index (κ3) is 11.3. The van der Waals surface area contributed by atoms with Crippen molar-refractivity contribution in [3.8, 4) is 34.5 Å².